The van der Waals surface area contributed by atoms with E-state index in [1.807, 2.05) is 30.3 Å². The van der Waals surface area contributed by atoms with Crippen LogP contribution in [0.1, 0.15) is 38.8 Å². The minimum atomic E-state index is 0.482. The van der Waals surface area contributed by atoms with Gasteiger partial charge in [0.2, 0.25) is 5.89 Å². The maximum absolute atomic E-state index is 5.59. The number of likely N-dealkylation sites (tertiary alicyclic amines) is 1. The maximum Gasteiger partial charge on any atom is 0.226 e. The molecule has 0 aliphatic carbocycles. The fourth-order valence-corrected chi connectivity index (χ4v) is 3.63. The second-order valence-corrected chi connectivity index (χ2v) is 7.25. The molecular weight excluding hydrogens is 338 g/mol. The Bertz CT molecular complexity index is 727. The summed E-state index contributed by atoms with van der Waals surface area (Å²) in [7, 11) is 1.79. The standard InChI is InChI=1S/C21H31N5O/c1-16-9-7-8-12-26(16)17(2)13-23-21(22-3)24-14-19-15-27-20(25-19)18-10-5-4-6-11-18/h4-6,10-11,15-17H,7-9,12-14H2,1-3H3,(H2,22,23,24). The molecule has 1 aromatic heterocycles. The van der Waals surface area contributed by atoms with Gasteiger partial charge in [-0.25, -0.2) is 4.98 Å². The third kappa shape index (κ3) is 5.32. The van der Waals surface area contributed by atoms with Crippen LogP contribution in [0.2, 0.25) is 0 Å². The highest BCUT2D eigenvalue weighted by Gasteiger charge is 2.23. The van der Waals surface area contributed by atoms with E-state index in [4.69, 9.17) is 4.42 Å². The minimum Gasteiger partial charge on any atom is -0.444 e. The predicted octanol–water partition coefficient (Wildman–Crippen LogP) is 3.27. The molecule has 2 heterocycles. The van der Waals surface area contributed by atoms with Gasteiger partial charge in [-0.05, 0) is 45.4 Å². The van der Waals surface area contributed by atoms with E-state index in [-0.39, 0.29) is 0 Å². The van der Waals surface area contributed by atoms with Crippen LogP contribution in [0.25, 0.3) is 11.5 Å². The first-order valence-corrected chi connectivity index (χ1v) is 9.87. The lowest BCUT2D eigenvalue weighted by atomic mass is 10.0. The molecule has 146 valence electrons. The fourth-order valence-electron chi connectivity index (χ4n) is 3.63. The maximum atomic E-state index is 5.59. The number of hydrogen-bond acceptors (Lipinski definition) is 4. The second-order valence-electron chi connectivity index (χ2n) is 7.25. The Morgan fingerprint density at radius 3 is 2.85 bits per heavy atom. The van der Waals surface area contributed by atoms with Gasteiger partial charge in [0.25, 0.3) is 0 Å². The molecule has 0 radical (unpaired) electrons. The molecule has 27 heavy (non-hydrogen) atoms. The molecule has 2 unspecified atom stereocenters. The van der Waals surface area contributed by atoms with E-state index in [1.54, 1.807) is 13.3 Å². The Kier molecular flexibility index (Phi) is 6.87. The number of nitrogens with zero attached hydrogens (tertiary/aromatic N) is 3. The highest BCUT2D eigenvalue weighted by Crippen LogP contribution is 2.19. The van der Waals surface area contributed by atoms with Crippen LogP contribution < -0.4 is 10.6 Å². The molecule has 6 heteroatoms. The van der Waals surface area contributed by atoms with Crippen LogP contribution in [-0.4, -0.2) is 48.1 Å². The predicted molar refractivity (Wildman–Crippen MR) is 110 cm³/mol. The number of guanidine groups is 1. The average Bonchev–Trinajstić information content (AvgIpc) is 3.18. The van der Waals surface area contributed by atoms with E-state index in [0.717, 1.165) is 23.8 Å². The number of benzene rings is 1. The van der Waals surface area contributed by atoms with Gasteiger partial charge < -0.3 is 15.1 Å². The van der Waals surface area contributed by atoms with E-state index >= 15 is 0 Å². The first-order chi connectivity index (χ1) is 13.2. The molecule has 1 saturated heterocycles. The molecule has 2 atom stereocenters. The first-order valence-electron chi connectivity index (χ1n) is 9.87. The zero-order chi connectivity index (χ0) is 19.1. The Labute approximate surface area is 162 Å². The number of rotatable bonds is 6. The van der Waals surface area contributed by atoms with Gasteiger partial charge >= 0.3 is 0 Å². The normalized spacial score (nSPS) is 19.7. The lowest BCUT2D eigenvalue weighted by Crippen LogP contribution is -2.50. The number of piperidine rings is 1. The fraction of sp³-hybridized carbons (Fsp3) is 0.524. The van der Waals surface area contributed by atoms with Crippen molar-refractivity contribution in [2.75, 3.05) is 20.1 Å². The summed E-state index contributed by atoms with van der Waals surface area (Å²) in [6.45, 7) is 7.25. The van der Waals surface area contributed by atoms with Crippen LogP contribution in [0.3, 0.4) is 0 Å². The van der Waals surface area contributed by atoms with E-state index in [9.17, 15) is 0 Å². The van der Waals surface area contributed by atoms with Gasteiger partial charge in [0, 0.05) is 31.2 Å². The third-order valence-corrected chi connectivity index (χ3v) is 5.22. The van der Waals surface area contributed by atoms with Crippen molar-refractivity contribution in [1.82, 2.24) is 20.5 Å². The Hall–Kier alpha value is -2.34. The summed E-state index contributed by atoms with van der Waals surface area (Å²) >= 11 is 0. The summed E-state index contributed by atoms with van der Waals surface area (Å²) in [6.07, 6.45) is 5.65. The minimum absolute atomic E-state index is 0.482. The molecule has 0 saturated carbocycles. The molecule has 0 bridgehead atoms. The molecule has 3 rings (SSSR count). The molecule has 0 amide bonds. The van der Waals surface area contributed by atoms with Crippen molar-refractivity contribution < 1.29 is 4.42 Å². The molecule has 1 aromatic carbocycles. The zero-order valence-corrected chi connectivity index (χ0v) is 16.6. The van der Waals surface area contributed by atoms with Crippen molar-refractivity contribution in [3.8, 4) is 11.5 Å². The summed E-state index contributed by atoms with van der Waals surface area (Å²) in [5.74, 6) is 1.43. The van der Waals surface area contributed by atoms with Crippen LogP contribution in [0, 0.1) is 0 Å². The highest BCUT2D eigenvalue weighted by molar-refractivity contribution is 5.79. The number of oxazole rings is 1. The van der Waals surface area contributed by atoms with Crippen LogP contribution >= 0.6 is 0 Å². The number of aromatic nitrogens is 1. The van der Waals surface area contributed by atoms with Crippen molar-refractivity contribution in [1.29, 1.82) is 0 Å². The van der Waals surface area contributed by atoms with E-state index < -0.39 is 0 Å². The summed E-state index contributed by atoms with van der Waals surface area (Å²) in [5, 5.41) is 6.75. The molecular formula is C21H31N5O. The molecule has 0 spiro atoms. The summed E-state index contributed by atoms with van der Waals surface area (Å²) in [5.41, 5.74) is 1.84. The van der Waals surface area contributed by atoms with Gasteiger partial charge in [0.05, 0.1) is 12.2 Å². The third-order valence-electron chi connectivity index (χ3n) is 5.22. The quantitative estimate of drug-likeness (QED) is 0.604. The van der Waals surface area contributed by atoms with Gasteiger partial charge in [-0.1, -0.05) is 24.6 Å². The largest absolute Gasteiger partial charge is 0.444 e. The first kappa shape index (κ1) is 19.4. The van der Waals surface area contributed by atoms with Crippen LogP contribution in [0.15, 0.2) is 46.0 Å². The van der Waals surface area contributed by atoms with E-state index in [2.05, 4.69) is 39.4 Å². The van der Waals surface area contributed by atoms with Crippen molar-refractivity contribution >= 4 is 5.96 Å². The molecule has 6 nitrogen and oxygen atoms in total. The SMILES string of the molecule is CN=C(NCc1coc(-c2ccccc2)n1)NCC(C)N1CCCCC1C. The molecule has 1 fully saturated rings. The highest BCUT2D eigenvalue weighted by atomic mass is 16.3. The van der Waals surface area contributed by atoms with Gasteiger partial charge in [0.1, 0.15) is 6.26 Å². The van der Waals surface area contributed by atoms with Crippen molar-refractivity contribution in [3.05, 3.63) is 42.3 Å². The lowest BCUT2D eigenvalue weighted by Gasteiger charge is -2.38. The van der Waals surface area contributed by atoms with Crippen LogP contribution in [-0.2, 0) is 6.54 Å². The van der Waals surface area contributed by atoms with Gasteiger partial charge in [-0.2, -0.15) is 0 Å². The van der Waals surface area contributed by atoms with Crippen LogP contribution in [0.4, 0.5) is 0 Å². The van der Waals surface area contributed by atoms with Crippen molar-refractivity contribution in [2.24, 2.45) is 4.99 Å². The van der Waals surface area contributed by atoms with Crippen molar-refractivity contribution in [2.45, 2.75) is 51.7 Å². The van der Waals surface area contributed by atoms with Crippen molar-refractivity contribution in [3.63, 3.8) is 0 Å². The Balaban J connectivity index is 1.47. The average molecular weight is 370 g/mol. The summed E-state index contributed by atoms with van der Waals surface area (Å²) in [4.78, 5) is 11.5. The van der Waals surface area contributed by atoms with Gasteiger partial charge in [-0.15, -0.1) is 0 Å². The number of hydrogen-bond donors (Lipinski definition) is 2. The number of nitrogens with one attached hydrogen (secondary N) is 2. The second kappa shape index (κ2) is 9.55. The Morgan fingerprint density at radius 1 is 1.30 bits per heavy atom. The van der Waals surface area contributed by atoms with Gasteiger partial charge in [-0.3, -0.25) is 9.89 Å². The molecule has 1 aliphatic rings. The molecule has 1 aliphatic heterocycles. The topological polar surface area (TPSA) is 65.7 Å². The summed E-state index contributed by atoms with van der Waals surface area (Å²) in [6, 6.07) is 11.1. The number of aliphatic imine (C=N–C) groups is 1. The summed E-state index contributed by atoms with van der Waals surface area (Å²) < 4.78 is 5.59. The van der Waals surface area contributed by atoms with E-state index in [1.165, 1.54) is 25.8 Å². The monoisotopic (exact) mass is 369 g/mol. The van der Waals surface area contributed by atoms with Gasteiger partial charge in [0.15, 0.2) is 5.96 Å². The smallest absolute Gasteiger partial charge is 0.226 e. The lowest BCUT2D eigenvalue weighted by molar-refractivity contribution is 0.115. The molecule has 2 N–H and O–H groups in total. The van der Waals surface area contributed by atoms with E-state index in [0.29, 0.717) is 24.5 Å². The van der Waals surface area contributed by atoms with Crippen LogP contribution in [0.5, 0.6) is 0 Å². The Morgan fingerprint density at radius 2 is 2.11 bits per heavy atom. The zero-order valence-electron chi connectivity index (χ0n) is 16.6. The molecule has 2 aromatic rings.